The third-order valence-electron chi connectivity index (χ3n) is 5.09. The second-order valence-corrected chi connectivity index (χ2v) is 9.97. The molecule has 0 atom stereocenters. The number of hydroxylamine groups is 1. The molecule has 0 unspecified atom stereocenters. The molecule has 0 radical (unpaired) electrons. The van der Waals surface area contributed by atoms with Crippen molar-refractivity contribution in [3.8, 4) is 0 Å². The van der Waals surface area contributed by atoms with E-state index in [1.165, 1.54) is 38.4 Å². The smallest absolute Gasteiger partial charge is 0.280 e. The summed E-state index contributed by atoms with van der Waals surface area (Å²) >= 11 is 0. The Morgan fingerprint density at radius 1 is 1.11 bits per heavy atom. The van der Waals surface area contributed by atoms with Crippen molar-refractivity contribution in [1.82, 2.24) is 20.4 Å². The molecule has 36 heavy (non-hydrogen) atoms. The van der Waals surface area contributed by atoms with Gasteiger partial charge in [-0.25, -0.2) is 33.2 Å². The van der Waals surface area contributed by atoms with Crippen molar-refractivity contribution in [2.24, 2.45) is 0 Å². The van der Waals surface area contributed by atoms with Gasteiger partial charge >= 0.3 is 0 Å². The number of carbonyl (C=O) groups excluding carboxylic acids is 1. The molecule has 0 saturated heterocycles. The molecule has 11 nitrogen and oxygen atoms in total. The summed E-state index contributed by atoms with van der Waals surface area (Å²) in [6.07, 6.45) is 2.41. The van der Waals surface area contributed by atoms with Crippen LogP contribution in [0, 0.1) is 26.6 Å². The standard InChI is InChI=1S/C23H28FN7O4S/c1-7-35-30-23(32)19-16(10-11-25-22(19)29-18-12-14(3)26-15(4)27-18)28-17-9-8-13(2)20(24)21(17)31(5)36(6,33)34/h8-12H,7H2,1-6H3,(H,30,32)(H2,25,26,27,28,29). The lowest BCUT2D eigenvalue weighted by molar-refractivity contribution is 0.0366. The number of benzene rings is 1. The Balaban J connectivity index is 2.15. The fraction of sp³-hybridized carbons (Fsp3) is 0.304. The first-order valence-corrected chi connectivity index (χ1v) is 12.8. The van der Waals surface area contributed by atoms with E-state index in [1.807, 2.05) is 0 Å². The molecule has 2 aromatic heterocycles. The van der Waals surface area contributed by atoms with Crippen LogP contribution in [-0.2, 0) is 14.9 Å². The predicted octanol–water partition coefficient (Wildman–Crippen LogP) is 3.50. The van der Waals surface area contributed by atoms with Crippen LogP contribution in [-0.4, -0.2) is 49.2 Å². The van der Waals surface area contributed by atoms with Gasteiger partial charge in [0.1, 0.15) is 28.7 Å². The Kier molecular flexibility index (Phi) is 8.05. The van der Waals surface area contributed by atoms with Gasteiger partial charge < -0.3 is 10.6 Å². The monoisotopic (exact) mass is 517 g/mol. The number of aryl methyl sites for hydroxylation is 3. The molecule has 1 aromatic carbocycles. The van der Waals surface area contributed by atoms with Gasteiger partial charge in [0.25, 0.3) is 5.91 Å². The van der Waals surface area contributed by atoms with Crippen molar-refractivity contribution in [2.45, 2.75) is 27.7 Å². The largest absolute Gasteiger partial charge is 0.353 e. The first-order chi connectivity index (χ1) is 16.9. The molecule has 0 fully saturated rings. The molecule has 0 saturated carbocycles. The van der Waals surface area contributed by atoms with Gasteiger partial charge in [-0.2, -0.15) is 0 Å². The van der Waals surface area contributed by atoms with Crippen molar-refractivity contribution < 1.29 is 22.4 Å². The molecule has 3 aromatic rings. The van der Waals surface area contributed by atoms with Gasteiger partial charge in [-0.1, -0.05) is 6.07 Å². The fourth-order valence-corrected chi connectivity index (χ4v) is 3.88. The molecule has 2 heterocycles. The molecule has 0 bridgehead atoms. The highest BCUT2D eigenvalue weighted by Gasteiger charge is 2.24. The average molecular weight is 518 g/mol. The zero-order valence-electron chi connectivity index (χ0n) is 20.8. The summed E-state index contributed by atoms with van der Waals surface area (Å²) in [5.74, 6) is -0.277. The predicted molar refractivity (Wildman–Crippen MR) is 136 cm³/mol. The highest BCUT2D eigenvalue weighted by molar-refractivity contribution is 7.92. The second-order valence-electron chi connectivity index (χ2n) is 7.96. The van der Waals surface area contributed by atoms with Gasteiger partial charge in [-0.05, 0) is 45.4 Å². The number of nitrogens with zero attached hydrogens (tertiary/aromatic N) is 4. The molecule has 1 amide bonds. The van der Waals surface area contributed by atoms with E-state index in [9.17, 15) is 13.2 Å². The molecule has 3 N–H and O–H groups in total. The van der Waals surface area contributed by atoms with Crippen molar-refractivity contribution >= 4 is 44.6 Å². The van der Waals surface area contributed by atoms with Crippen LogP contribution in [0.2, 0.25) is 0 Å². The number of amides is 1. The maximum atomic E-state index is 15.1. The van der Waals surface area contributed by atoms with Gasteiger partial charge in [-0.15, -0.1) is 0 Å². The first kappa shape index (κ1) is 26.8. The molecule has 0 aliphatic heterocycles. The Morgan fingerprint density at radius 2 is 1.83 bits per heavy atom. The topological polar surface area (TPSA) is 138 Å². The number of aromatic nitrogens is 3. The number of pyridine rings is 1. The maximum Gasteiger partial charge on any atom is 0.280 e. The highest BCUT2D eigenvalue weighted by atomic mass is 32.2. The van der Waals surface area contributed by atoms with E-state index in [0.717, 1.165) is 10.6 Å². The lowest BCUT2D eigenvalue weighted by atomic mass is 10.1. The third-order valence-corrected chi connectivity index (χ3v) is 6.27. The molecular weight excluding hydrogens is 489 g/mol. The van der Waals surface area contributed by atoms with E-state index in [1.54, 1.807) is 26.8 Å². The molecule has 0 aliphatic rings. The first-order valence-electron chi connectivity index (χ1n) is 10.9. The lowest BCUT2D eigenvalue weighted by Crippen LogP contribution is -2.27. The van der Waals surface area contributed by atoms with E-state index >= 15 is 4.39 Å². The van der Waals surface area contributed by atoms with Gasteiger partial charge in [-0.3, -0.25) is 13.9 Å². The lowest BCUT2D eigenvalue weighted by Gasteiger charge is -2.23. The zero-order valence-corrected chi connectivity index (χ0v) is 21.6. The van der Waals surface area contributed by atoms with E-state index in [0.29, 0.717) is 17.3 Å². The Labute approximate surface area is 209 Å². The maximum absolute atomic E-state index is 15.1. The van der Waals surface area contributed by atoms with E-state index in [-0.39, 0.29) is 40.6 Å². The number of nitrogens with one attached hydrogen (secondary N) is 3. The number of hydrogen-bond donors (Lipinski definition) is 3. The normalized spacial score (nSPS) is 11.2. The van der Waals surface area contributed by atoms with Crippen LogP contribution in [0.3, 0.4) is 0 Å². The summed E-state index contributed by atoms with van der Waals surface area (Å²) in [6, 6.07) is 6.23. The summed E-state index contributed by atoms with van der Waals surface area (Å²) in [6.45, 7) is 6.99. The zero-order chi connectivity index (χ0) is 26.6. The van der Waals surface area contributed by atoms with Crippen LogP contribution >= 0.6 is 0 Å². The van der Waals surface area contributed by atoms with Gasteiger partial charge in [0.15, 0.2) is 5.82 Å². The van der Waals surface area contributed by atoms with Crippen LogP contribution < -0.4 is 20.4 Å². The third kappa shape index (κ3) is 6.04. The van der Waals surface area contributed by atoms with Crippen LogP contribution in [0.5, 0.6) is 0 Å². The number of carbonyl (C=O) groups is 1. The minimum Gasteiger partial charge on any atom is -0.353 e. The van der Waals surface area contributed by atoms with Crippen molar-refractivity contribution in [2.75, 3.05) is 34.8 Å². The minimum atomic E-state index is -3.79. The molecule has 13 heteroatoms. The summed E-state index contributed by atoms with van der Waals surface area (Å²) in [5, 5.41) is 6.01. The van der Waals surface area contributed by atoms with Crippen LogP contribution in [0.1, 0.15) is 34.4 Å². The van der Waals surface area contributed by atoms with Gasteiger partial charge in [0.05, 0.1) is 24.2 Å². The van der Waals surface area contributed by atoms with Gasteiger partial charge in [0.2, 0.25) is 10.0 Å². The highest BCUT2D eigenvalue weighted by Crippen LogP contribution is 2.36. The second kappa shape index (κ2) is 10.8. The molecule has 0 aliphatic carbocycles. The fourth-order valence-electron chi connectivity index (χ4n) is 3.37. The van der Waals surface area contributed by atoms with Crippen molar-refractivity contribution in [3.05, 3.63) is 58.9 Å². The summed E-state index contributed by atoms with van der Waals surface area (Å²) in [7, 11) is -2.54. The Hall–Kier alpha value is -3.84. The number of hydrogen-bond acceptors (Lipinski definition) is 9. The molecule has 3 rings (SSSR count). The molecule has 192 valence electrons. The number of anilines is 5. The van der Waals surface area contributed by atoms with E-state index in [2.05, 4.69) is 31.1 Å². The van der Waals surface area contributed by atoms with Crippen LogP contribution in [0.25, 0.3) is 0 Å². The number of sulfonamides is 1. The number of rotatable bonds is 9. The van der Waals surface area contributed by atoms with E-state index in [4.69, 9.17) is 4.84 Å². The SMILES string of the molecule is CCONC(=O)c1c(Nc2ccc(C)c(F)c2N(C)S(C)(=O)=O)ccnc1Nc1cc(C)nc(C)n1. The Bertz CT molecular complexity index is 1380. The van der Waals surface area contributed by atoms with Gasteiger partial charge in [0, 0.05) is 25.0 Å². The molecular formula is C23H28FN7O4S. The summed E-state index contributed by atoms with van der Waals surface area (Å²) in [4.78, 5) is 31.0. The quantitative estimate of drug-likeness (QED) is 0.364. The minimum absolute atomic E-state index is 0.0359. The molecule has 0 spiro atoms. The summed E-state index contributed by atoms with van der Waals surface area (Å²) < 4.78 is 40.4. The van der Waals surface area contributed by atoms with Crippen LogP contribution in [0.4, 0.5) is 33.1 Å². The van der Waals surface area contributed by atoms with Crippen molar-refractivity contribution in [1.29, 1.82) is 0 Å². The van der Waals surface area contributed by atoms with Crippen LogP contribution in [0.15, 0.2) is 30.5 Å². The number of halogens is 1. The van der Waals surface area contributed by atoms with E-state index < -0.39 is 21.7 Å². The summed E-state index contributed by atoms with van der Waals surface area (Å²) in [5.41, 5.74) is 3.49. The average Bonchev–Trinajstić information content (AvgIpc) is 2.78. The Morgan fingerprint density at radius 3 is 2.47 bits per heavy atom. The van der Waals surface area contributed by atoms with Crippen molar-refractivity contribution in [3.63, 3.8) is 0 Å².